The summed E-state index contributed by atoms with van der Waals surface area (Å²) in [5, 5.41) is 0. The predicted molar refractivity (Wildman–Crippen MR) is 115 cm³/mol. The molecule has 2 N–H and O–H groups in total. The molecule has 0 aromatic carbocycles. The van der Waals surface area contributed by atoms with Crippen molar-refractivity contribution in [1.29, 1.82) is 0 Å². The van der Waals surface area contributed by atoms with Gasteiger partial charge in [0.25, 0.3) is 0 Å². The molecular formula is C21H43O7P. The van der Waals surface area contributed by atoms with E-state index in [1.165, 1.54) is 57.8 Å². The Bertz CT molecular complexity index is 425. The number of esters is 1. The molecular weight excluding hydrogens is 395 g/mol. The summed E-state index contributed by atoms with van der Waals surface area (Å²) in [7, 11) is -4.45. The zero-order valence-corrected chi connectivity index (χ0v) is 19.4. The van der Waals surface area contributed by atoms with Gasteiger partial charge in [-0.05, 0) is 12.8 Å². The number of ether oxygens (including phenoxy) is 2. The molecule has 1 atom stereocenters. The summed E-state index contributed by atoms with van der Waals surface area (Å²) in [6.07, 6.45) is 15.5. The van der Waals surface area contributed by atoms with Crippen molar-refractivity contribution in [2.24, 2.45) is 5.92 Å². The van der Waals surface area contributed by atoms with E-state index < -0.39 is 7.82 Å². The minimum absolute atomic E-state index is 0.0413. The first kappa shape index (κ1) is 28.5. The summed E-state index contributed by atoms with van der Waals surface area (Å²) in [6.45, 7) is 4.49. The first-order chi connectivity index (χ1) is 13.9. The summed E-state index contributed by atoms with van der Waals surface area (Å²) in [6, 6.07) is 0. The zero-order chi connectivity index (χ0) is 21.8. The lowest BCUT2D eigenvalue weighted by molar-refractivity contribution is -0.150. The number of hydrogen-bond donors (Lipinski definition) is 2. The van der Waals surface area contributed by atoms with E-state index in [1.54, 1.807) is 0 Å². The fourth-order valence-corrected chi connectivity index (χ4v) is 3.56. The third-order valence-corrected chi connectivity index (χ3v) is 5.35. The molecule has 7 nitrogen and oxygen atoms in total. The molecule has 0 rings (SSSR count). The van der Waals surface area contributed by atoms with E-state index in [0.29, 0.717) is 0 Å². The van der Waals surface area contributed by atoms with Crippen molar-refractivity contribution in [3.05, 3.63) is 0 Å². The molecule has 0 aliphatic rings. The van der Waals surface area contributed by atoms with Gasteiger partial charge in [0.1, 0.15) is 6.61 Å². The van der Waals surface area contributed by atoms with Crippen molar-refractivity contribution in [3.63, 3.8) is 0 Å². The maximum absolute atomic E-state index is 12.2. The number of carbonyl (C=O) groups excluding carboxylic acids is 1. The van der Waals surface area contributed by atoms with Crippen LogP contribution in [0.4, 0.5) is 0 Å². The Balaban J connectivity index is 3.70. The van der Waals surface area contributed by atoms with Gasteiger partial charge in [0.2, 0.25) is 0 Å². The topological polar surface area (TPSA) is 102 Å². The summed E-state index contributed by atoms with van der Waals surface area (Å²) < 4.78 is 25.2. The number of unbranched alkanes of at least 4 members (excludes halogenated alkanes) is 9. The highest BCUT2D eigenvalue weighted by molar-refractivity contribution is 7.46. The summed E-state index contributed by atoms with van der Waals surface area (Å²) >= 11 is 0. The van der Waals surface area contributed by atoms with E-state index in [0.717, 1.165) is 25.7 Å². The quantitative estimate of drug-likeness (QED) is 0.141. The summed E-state index contributed by atoms with van der Waals surface area (Å²) in [5.74, 6) is -0.218. The molecule has 0 aliphatic heterocycles. The van der Waals surface area contributed by atoms with Gasteiger partial charge in [-0.25, -0.2) is 4.57 Å². The van der Waals surface area contributed by atoms with Crippen LogP contribution >= 0.6 is 7.82 Å². The average molecular weight is 439 g/mol. The number of hydrogen-bond acceptors (Lipinski definition) is 5. The largest absolute Gasteiger partial charge is 0.469 e. The van der Waals surface area contributed by atoms with Gasteiger partial charge in [0.15, 0.2) is 0 Å². The van der Waals surface area contributed by atoms with Crippen LogP contribution in [0.5, 0.6) is 0 Å². The van der Waals surface area contributed by atoms with E-state index in [2.05, 4.69) is 18.4 Å². The van der Waals surface area contributed by atoms with E-state index in [1.807, 2.05) is 0 Å². The average Bonchev–Trinajstić information content (AvgIpc) is 2.66. The highest BCUT2D eigenvalue weighted by Gasteiger charge is 2.18. The van der Waals surface area contributed by atoms with E-state index in [9.17, 15) is 9.36 Å². The molecule has 0 heterocycles. The van der Waals surface area contributed by atoms with E-state index in [4.69, 9.17) is 19.3 Å². The van der Waals surface area contributed by atoms with Crippen LogP contribution in [0.3, 0.4) is 0 Å². The molecule has 0 saturated carbocycles. The van der Waals surface area contributed by atoms with Crippen molar-refractivity contribution in [1.82, 2.24) is 0 Å². The maximum atomic E-state index is 12.2. The molecule has 8 heteroatoms. The van der Waals surface area contributed by atoms with Crippen molar-refractivity contribution in [2.45, 2.75) is 97.3 Å². The standard InChI is InChI=1S/C21H43O7P/c1-3-5-6-7-8-9-10-11-12-13-15-20(14-4-2)21(22)27-18-16-26-17-19-28-29(23,24)25/h20H,3-19H2,1-2H3,(H2,23,24,25). The minimum Gasteiger partial charge on any atom is -0.463 e. The van der Waals surface area contributed by atoms with E-state index in [-0.39, 0.29) is 38.3 Å². The Morgan fingerprint density at radius 3 is 1.86 bits per heavy atom. The first-order valence-corrected chi connectivity index (χ1v) is 12.9. The van der Waals surface area contributed by atoms with Gasteiger partial charge >= 0.3 is 13.8 Å². The molecule has 0 amide bonds. The molecule has 0 aliphatic carbocycles. The van der Waals surface area contributed by atoms with Gasteiger partial charge in [-0.3, -0.25) is 9.32 Å². The molecule has 0 aromatic heterocycles. The van der Waals surface area contributed by atoms with Crippen LogP contribution in [-0.4, -0.2) is 42.2 Å². The molecule has 29 heavy (non-hydrogen) atoms. The second-order valence-corrected chi connectivity index (χ2v) is 8.80. The molecule has 0 radical (unpaired) electrons. The van der Waals surface area contributed by atoms with Crippen LogP contribution in [0.2, 0.25) is 0 Å². The van der Waals surface area contributed by atoms with Crippen molar-refractivity contribution >= 4 is 13.8 Å². The molecule has 0 bridgehead atoms. The van der Waals surface area contributed by atoms with Crippen molar-refractivity contribution in [2.75, 3.05) is 26.4 Å². The van der Waals surface area contributed by atoms with Gasteiger partial charge < -0.3 is 19.3 Å². The zero-order valence-electron chi connectivity index (χ0n) is 18.5. The Kier molecular flexibility index (Phi) is 19.2. The van der Waals surface area contributed by atoms with Crippen LogP contribution in [0.15, 0.2) is 0 Å². The SMILES string of the molecule is CCCCCCCCCCCCC(CCC)C(=O)OCCOCCOP(=O)(O)O. The predicted octanol–water partition coefficient (Wildman–Crippen LogP) is 5.38. The Labute approximate surface area is 177 Å². The fraction of sp³-hybridized carbons (Fsp3) is 0.952. The molecule has 0 aromatic rings. The third kappa shape index (κ3) is 20.6. The number of rotatable bonds is 21. The van der Waals surface area contributed by atoms with Gasteiger partial charge in [-0.15, -0.1) is 0 Å². The number of phosphoric acid groups is 1. The second kappa shape index (κ2) is 19.5. The number of phosphoric ester groups is 1. The highest BCUT2D eigenvalue weighted by Crippen LogP contribution is 2.35. The van der Waals surface area contributed by atoms with Gasteiger partial charge in [-0.2, -0.15) is 0 Å². The normalized spacial score (nSPS) is 12.8. The van der Waals surface area contributed by atoms with Gasteiger partial charge in [-0.1, -0.05) is 84.5 Å². The third-order valence-electron chi connectivity index (χ3n) is 4.84. The first-order valence-electron chi connectivity index (χ1n) is 11.3. The lowest BCUT2D eigenvalue weighted by atomic mass is 9.96. The lowest BCUT2D eigenvalue weighted by Crippen LogP contribution is -2.20. The summed E-state index contributed by atoms with van der Waals surface area (Å²) in [4.78, 5) is 29.3. The molecule has 0 saturated heterocycles. The molecule has 1 unspecified atom stereocenters. The highest BCUT2D eigenvalue weighted by atomic mass is 31.2. The maximum Gasteiger partial charge on any atom is 0.469 e. The molecule has 0 spiro atoms. The molecule has 0 fully saturated rings. The van der Waals surface area contributed by atoms with E-state index >= 15 is 0 Å². The van der Waals surface area contributed by atoms with Crippen LogP contribution in [-0.2, 0) is 23.4 Å². The minimum atomic E-state index is -4.45. The van der Waals surface area contributed by atoms with Gasteiger partial charge in [0.05, 0.1) is 25.7 Å². The van der Waals surface area contributed by atoms with Crippen molar-refractivity contribution in [3.8, 4) is 0 Å². The molecule has 174 valence electrons. The van der Waals surface area contributed by atoms with Crippen LogP contribution in [0.25, 0.3) is 0 Å². The second-order valence-electron chi connectivity index (χ2n) is 7.56. The fourth-order valence-electron chi connectivity index (χ4n) is 3.24. The Morgan fingerprint density at radius 2 is 1.31 bits per heavy atom. The van der Waals surface area contributed by atoms with Gasteiger partial charge in [0, 0.05) is 0 Å². The van der Waals surface area contributed by atoms with Crippen molar-refractivity contribution < 1.29 is 33.1 Å². The smallest absolute Gasteiger partial charge is 0.463 e. The van der Waals surface area contributed by atoms with Crippen LogP contribution in [0, 0.1) is 5.92 Å². The Morgan fingerprint density at radius 1 is 0.759 bits per heavy atom. The lowest BCUT2D eigenvalue weighted by Gasteiger charge is -2.15. The monoisotopic (exact) mass is 438 g/mol. The number of carbonyl (C=O) groups is 1. The summed E-state index contributed by atoms with van der Waals surface area (Å²) in [5.41, 5.74) is 0. The van der Waals surface area contributed by atoms with Crippen LogP contribution in [0.1, 0.15) is 97.3 Å². The Hall–Kier alpha value is -0.460. The van der Waals surface area contributed by atoms with Crippen LogP contribution < -0.4 is 0 Å².